The second-order valence-corrected chi connectivity index (χ2v) is 6.26. The number of hydrogen-bond acceptors (Lipinski definition) is 3. The van der Waals surface area contributed by atoms with Gasteiger partial charge in [-0.1, -0.05) is 6.07 Å². The number of ether oxygens (including phenoxy) is 1. The molecule has 4 nitrogen and oxygen atoms in total. The first-order valence-electron chi connectivity index (χ1n) is 6.87. The van der Waals surface area contributed by atoms with Crippen molar-refractivity contribution in [1.82, 2.24) is 9.88 Å². The molecule has 0 spiro atoms. The number of hydrogen-bond donors (Lipinski definition) is 0. The van der Waals surface area contributed by atoms with Gasteiger partial charge >= 0.3 is 6.09 Å². The highest BCUT2D eigenvalue weighted by Gasteiger charge is 2.28. The van der Waals surface area contributed by atoms with Crippen molar-refractivity contribution in [2.45, 2.75) is 40.2 Å². The minimum absolute atomic E-state index is 0.264. The number of pyridine rings is 1. The Morgan fingerprint density at radius 2 is 1.95 bits per heavy atom. The van der Waals surface area contributed by atoms with Crippen LogP contribution in [0.15, 0.2) is 23.8 Å². The molecule has 0 bridgehead atoms. The fourth-order valence-electron chi connectivity index (χ4n) is 2.23. The first kappa shape index (κ1) is 14.6. The van der Waals surface area contributed by atoms with Gasteiger partial charge in [-0.15, -0.1) is 0 Å². The summed E-state index contributed by atoms with van der Waals surface area (Å²) in [5, 5.41) is 0. The highest BCUT2D eigenvalue weighted by molar-refractivity contribution is 5.78. The summed E-state index contributed by atoms with van der Waals surface area (Å²) < 4.78 is 5.42. The van der Waals surface area contributed by atoms with Crippen molar-refractivity contribution < 1.29 is 9.53 Å². The van der Waals surface area contributed by atoms with Crippen LogP contribution in [-0.2, 0) is 4.74 Å². The van der Waals surface area contributed by atoms with Gasteiger partial charge in [0.05, 0.1) is 12.2 Å². The number of nitrogens with zero attached hydrogens (tertiary/aromatic N) is 2. The molecule has 1 aliphatic heterocycles. The topological polar surface area (TPSA) is 42.4 Å². The van der Waals surface area contributed by atoms with Crippen LogP contribution in [0.4, 0.5) is 4.79 Å². The number of rotatable bonds is 1. The van der Waals surface area contributed by atoms with E-state index in [1.807, 2.05) is 52.8 Å². The standard InChI is InChI=1S/C16H22N2O2/c1-11-9-18(15(19)20-16(3,4)5)10-13(11)14-8-6-7-12(2)17-14/h6-8H,9-10H2,1-5H3. The largest absolute Gasteiger partial charge is 0.444 e. The van der Waals surface area contributed by atoms with Crippen LogP contribution in [0, 0.1) is 6.92 Å². The summed E-state index contributed by atoms with van der Waals surface area (Å²) >= 11 is 0. The Labute approximate surface area is 120 Å². The van der Waals surface area contributed by atoms with E-state index in [2.05, 4.69) is 4.98 Å². The maximum Gasteiger partial charge on any atom is 0.410 e. The first-order valence-corrected chi connectivity index (χ1v) is 6.87. The van der Waals surface area contributed by atoms with E-state index in [1.54, 1.807) is 4.90 Å². The molecule has 2 rings (SSSR count). The lowest BCUT2D eigenvalue weighted by molar-refractivity contribution is 0.0303. The average molecular weight is 274 g/mol. The maximum atomic E-state index is 12.1. The van der Waals surface area contributed by atoms with Gasteiger partial charge in [0.25, 0.3) is 0 Å². The first-order chi connectivity index (χ1) is 9.26. The van der Waals surface area contributed by atoms with E-state index in [0.717, 1.165) is 17.0 Å². The molecule has 0 N–H and O–H groups in total. The van der Waals surface area contributed by atoms with Gasteiger partial charge in [-0.3, -0.25) is 9.88 Å². The van der Waals surface area contributed by atoms with E-state index in [9.17, 15) is 4.79 Å². The lowest BCUT2D eigenvalue weighted by Gasteiger charge is -2.24. The Bertz CT molecular complexity index is 556. The minimum atomic E-state index is -0.463. The van der Waals surface area contributed by atoms with Gasteiger partial charge in [0, 0.05) is 12.2 Å². The molecule has 0 saturated heterocycles. The molecular formula is C16H22N2O2. The third-order valence-electron chi connectivity index (χ3n) is 3.14. The second-order valence-electron chi connectivity index (χ2n) is 6.26. The van der Waals surface area contributed by atoms with Crippen LogP contribution in [0.5, 0.6) is 0 Å². The van der Waals surface area contributed by atoms with Crippen molar-refractivity contribution >= 4 is 11.7 Å². The van der Waals surface area contributed by atoms with Crippen LogP contribution in [0.2, 0.25) is 0 Å². The SMILES string of the molecule is CC1=C(c2cccc(C)n2)CN(C(=O)OC(C)(C)C)C1. The van der Waals surface area contributed by atoms with Gasteiger partial charge < -0.3 is 4.74 Å². The average Bonchev–Trinajstić information content (AvgIpc) is 2.69. The Hall–Kier alpha value is -1.84. The van der Waals surface area contributed by atoms with Crippen LogP contribution in [0.25, 0.3) is 5.57 Å². The molecule has 1 aromatic rings. The highest BCUT2D eigenvalue weighted by atomic mass is 16.6. The smallest absolute Gasteiger partial charge is 0.410 e. The predicted octanol–water partition coefficient (Wildman–Crippen LogP) is 3.41. The molecule has 20 heavy (non-hydrogen) atoms. The molecule has 108 valence electrons. The molecule has 2 heterocycles. The van der Waals surface area contributed by atoms with Crippen molar-refractivity contribution in [1.29, 1.82) is 0 Å². The summed E-state index contributed by atoms with van der Waals surface area (Å²) in [6.07, 6.45) is -0.264. The zero-order chi connectivity index (χ0) is 14.9. The van der Waals surface area contributed by atoms with E-state index in [0.29, 0.717) is 13.1 Å². The van der Waals surface area contributed by atoms with Gasteiger partial charge in [-0.05, 0) is 57.9 Å². The zero-order valence-corrected chi connectivity index (χ0v) is 12.9. The summed E-state index contributed by atoms with van der Waals surface area (Å²) in [5.41, 5.74) is 3.77. The summed E-state index contributed by atoms with van der Waals surface area (Å²) in [6.45, 7) is 10.8. The van der Waals surface area contributed by atoms with Crippen molar-refractivity contribution in [3.63, 3.8) is 0 Å². The second kappa shape index (κ2) is 5.27. The quantitative estimate of drug-likeness (QED) is 0.788. The monoisotopic (exact) mass is 274 g/mol. The van der Waals surface area contributed by atoms with Crippen LogP contribution in [-0.4, -0.2) is 34.7 Å². The minimum Gasteiger partial charge on any atom is -0.444 e. The maximum absolute atomic E-state index is 12.1. The van der Waals surface area contributed by atoms with Gasteiger partial charge in [0.2, 0.25) is 0 Å². The predicted molar refractivity (Wildman–Crippen MR) is 79.4 cm³/mol. The van der Waals surface area contributed by atoms with Gasteiger partial charge in [-0.2, -0.15) is 0 Å². The third kappa shape index (κ3) is 3.38. The number of carbonyl (C=O) groups excluding carboxylic acids is 1. The fraction of sp³-hybridized carbons (Fsp3) is 0.500. The molecule has 0 unspecified atom stereocenters. The summed E-state index contributed by atoms with van der Waals surface area (Å²) in [7, 11) is 0. The molecule has 0 aromatic carbocycles. The fourth-order valence-corrected chi connectivity index (χ4v) is 2.23. The zero-order valence-electron chi connectivity index (χ0n) is 12.9. The van der Waals surface area contributed by atoms with Crippen LogP contribution in [0.3, 0.4) is 0 Å². The van der Waals surface area contributed by atoms with Gasteiger partial charge in [-0.25, -0.2) is 4.79 Å². The number of amides is 1. The van der Waals surface area contributed by atoms with Crippen molar-refractivity contribution in [3.8, 4) is 0 Å². The third-order valence-corrected chi connectivity index (χ3v) is 3.14. The molecule has 0 saturated carbocycles. The Morgan fingerprint density at radius 3 is 2.55 bits per heavy atom. The number of carbonyl (C=O) groups is 1. The Morgan fingerprint density at radius 1 is 1.25 bits per heavy atom. The van der Waals surface area contributed by atoms with Crippen molar-refractivity contribution in [2.24, 2.45) is 0 Å². The molecular weight excluding hydrogens is 252 g/mol. The van der Waals surface area contributed by atoms with Crippen LogP contribution < -0.4 is 0 Å². The molecule has 1 aliphatic rings. The molecule has 4 heteroatoms. The van der Waals surface area contributed by atoms with E-state index < -0.39 is 5.60 Å². The van der Waals surface area contributed by atoms with Crippen molar-refractivity contribution in [2.75, 3.05) is 13.1 Å². The summed E-state index contributed by atoms with van der Waals surface area (Å²) in [4.78, 5) is 18.4. The van der Waals surface area contributed by atoms with Crippen LogP contribution >= 0.6 is 0 Å². The molecule has 0 radical (unpaired) electrons. The van der Waals surface area contributed by atoms with Crippen LogP contribution in [0.1, 0.15) is 39.1 Å². The Balaban J connectivity index is 2.12. The van der Waals surface area contributed by atoms with Gasteiger partial charge in [0.1, 0.15) is 5.60 Å². The van der Waals surface area contributed by atoms with E-state index in [4.69, 9.17) is 4.74 Å². The molecule has 0 fully saturated rings. The van der Waals surface area contributed by atoms with E-state index in [-0.39, 0.29) is 6.09 Å². The lowest BCUT2D eigenvalue weighted by atomic mass is 10.1. The molecule has 1 amide bonds. The van der Waals surface area contributed by atoms with E-state index >= 15 is 0 Å². The van der Waals surface area contributed by atoms with Gasteiger partial charge in [0.15, 0.2) is 0 Å². The lowest BCUT2D eigenvalue weighted by Crippen LogP contribution is -2.35. The van der Waals surface area contributed by atoms with E-state index in [1.165, 1.54) is 5.57 Å². The number of aromatic nitrogens is 1. The normalized spacial score (nSPS) is 15.8. The molecule has 1 aromatic heterocycles. The Kier molecular flexibility index (Phi) is 3.84. The van der Waals surface area contributed by atoms with Crippen molar-refractivity contribution in [3.05, 3.63) is 35.2 Å². The molecule has 0 atom stereocenters. The number of aryl methyl sites for hydroxylation is 1. The summed E-state index contributed by atoms with van der Waals surface area (Å²) in [6, 6.07) is 5.96. The summed E-state index contributed by atoms with van der Waals surface area (Å²) in [5.74, 6) is 0. The molecule has 0 aliphatic carbocycles. The highest BCUT2D eigenvalue weighted by Crippen LogP contribution is 2.26.